The SMILES string of the molecule is CC(C)Oc1cccnc1C(=O)N1CCC(C(C)N)CC1.Cl.Cl. The number of hydrogen-bond acceptors (Lipinski definition) is 4. The van der Waals surface area contributed by atoms with Crippen LogP contribution in [0, 0.1) is 5.92 Å². The molecule has 0 saturated carbocycles. The third-order valence-corrected chi connectivity index (χ3v) is 3.91. The number of rotatable bonds is 4. The first-order chi connectivity index (χ1) is 9.99. The van der Waals surface area contributed by atoms with E-state index >= 15 is 0 Å². The first kappa shape index (κ1) is 22.0. The highest BCUT2D eigenvalue weighted by Gasteiger charge is 2.27. The van der Waals surface area contributed by atoms with Gasteiger partial charge in [-0.05, 0) is 51.7 Å². The summed E-state index contributed by atoms with van der Waals surface area (Å²) in [5, 5.41) is 0. The molecule has 1 atom stereocenters. The van der Waals surface area contributed by atoms with Crippen LogP contribution in [0.2, 0.25) is 0 Å². The van der Waals surface area contributed by atoms with Crippen molar-refractivity contribution in [3.63, 3.8) is 0 Å². The van der Waals surface area contributed by atoms with Crippen LogP contribution in [0.5, 0.6) is 5.75 Å². The van der Waals surface area contributed by atoms with Crippen LogP contribution in [-0.2, 0) is 0 Å². The summed E-state index contributed by atoms with van der Waals surface area (Å²) in [5.41, 5.74) is 6.35. The number of nitrogens with zero attached hydrogens (tertiary/aromatic N) is 2. The smallest absolute Gasteiger partial charge is 0.276 e. The fraction of sp³-hybridized carbons (Fsp3) is 0.625. The molecule has 2 rings (SSSR count). The van der Waals surface area contributed by atoms with Crippen LogP contribution in [0.4, 0.5) is 0 Å². The zero-order chi connectivity index (χ0) is 15.4. The first-order valence-corrected chi connectivity index (χ1v) is 7.65. The van der Waals surface area contributed by atoms with Crippen molar-refractivity contribution in [2.75, 3.05) is 13.1 Å². The molecule has 5 nitrogen and oxygen atoms in total. The molecule has 2 N–H and O–H groups in total. The molecule has 1 aromatic rings. The molecule has 1 aliphatic heterocycles. The summed E-state index contributed by atoms with van der Waals surface area (Å²) in [6.45, 7) is 7.39. The Morgan fingerprint density at radius 2 is 1.91 bits per heavy atom. The average Bonchev–Trinajstić information content (AvgIpc) is 2.46. The van der Waals surface area contributed by atoms with Crippen molar-refractivity contribution in [3.05, 3.63) is 24.0 Å². The van der Waals surface area contributed by atoms with Crippen LogP contribution in [0.25, 0.3) is 0 Å². The Labute approximate surface area is 150 Å². The molecule has 0 aromatic carbocycles. The van der Waals surface area contributed by atoms with Crippen molar-refractivity contribution < 1.29 is 9.53 Å². The van der Waals surface area contributed by atoms with E-state index in [1.54, 1.807) is 18.3 Å². The van der Waals surface area contributed by atoms with Gasteiger partial charge in [0.2, 0.25) is 0 Å². The lowest BCUT2D eigenvalue weighted by atomic mass is 9.91. The van der Waals surface area contributed by atoms with Crippen molar-refractivity contribution in [2.24, 2.45) is 11.7 Å². The molecule has 0 aliphatic carbocycles. The van der Waals surface area contributed by atoms with E-state index in [0.717, 1.165) is 25.9 Å². The quantitative estimate of drug-likeness (QED) is 0.892. The normalized spacial score (nSPS) is 16.3. The minimum atomic E-state index is -0.0469. The molecule has 1 saturated heterocycles. The number of pyridine rings is 1. The summed E-state index contributed by atoms with van der Waals surface area (Å²) in [7, 11) is 0. The predicted octanol–water partition coefficient (Wildman–Crippen LogP) is 2.91. The molecular formula is C16H27Cl2N3O2. The highest BCUT2D eigenvalue weighted by atomic mass is 35.5. The van der Waals surface area contributed by atoms with Gasteiger partial charge in [-0.2, -0.15) is 0 Å². The number of halogens is 2. The molecule has 0 radical (unpaired) electrons. The van der Waals surface area contributed by atoms with Crippen LogP contribution in [0.1, 0.15) is 44.1 Å². The number of nitrogens with two attached hydrogens (primary N) is 1. The largest absolute Gasteiger partial charge is 0.489 e. The zero-order valence-corrected chi connectivity index (χ0v) is 15.5. The maximum absolute atomic E-state index is 12.6. The van der Waals surface area contributed by atoms with Crippen molar-refractivity contribution in [3.8, 4) is 5.75 Å². The summed E-state index contributed by atoms with van der Waals surface area (Å²) < 4.78 is 5.69. The first-order valence-electron chi connectivity index (χ1n) is 7.65. The fourth-order valence-corrected chi connectivity index (χ4v) is 2.68. The zero-order valence-electron chi connectivity index (χ0n) is 13.9. The number of likely N-dealkylation sites (tertiary alicyclic amines) is 1. The third-order valence-electron chi connectivity index (χ3n) is 3.91. The molecule has 0 spiro atoms. The monoisotopic (exact) mass is 363 g/mol. The van der Waals surface area contributed by atoms with Gasteiger partial charge < -0.3 is 15.4 Å². The van der Waals surface area contributed by atoms with Gasteiger partial charge in [-0.1, -0.05) is 0 Å². The van der Waals surface area contributed by atoms with E-state index in [9.17, 15) is 4.79 Å². The standard InChI is InChI=1S/C16H25N3O2.2ClH/c1-11(2)21-14-5-4-8-18-15(14)16(20)19-9-6-13(7-10-19)12(3)17;;/h4-5,8,11-13H,6-7,9-10,17H2,1-3H3;2*1H. The Hall–Kier alpha value is -1.04. The van der Waals surface area contributed by atoms with Crippen LogP contribution in [0.15, 0.2) is 18.3 Å². The minimum Gasteiger partial charge on any atom is -0.489 e. The van der Waals surface area contributed by atoms with E-state index in [-0.39, 0.29) is 42.9 Å². The van der Waals surface area contributed by atoms with Crippen LogP contribution in [0.3, 0.4) is 0 Å². The van der Waals surface area contributed by atoms with Gasteiger partial charge in [0.1, 0.15) is 0 Å². The maximum atomic E-state index is 12.6. The van der Waals surface area contributed by atoms with Crippen LogP contribution in [-0.4, -0.2) is 41.0 Å². The minimum absolute atomic E-state index is 0. The average molecular weight is 364 g/mol. The Morgan fingerprint density at radius 1 is 1.30 bits per heavy atom. The van der Waals surface area contributed by atoms with Crippen LogP contribution >= 0.6 is 24.8 Å². The fourth-order valence-electron chi connectivity index (χ4n) is 2.68. The molecule has 1 aliphatic rings. The van der Waals surface area contributed by atoms with Gasteiger partial charge in [-0.15, -0.1) is 24.8 Å². The third kappa shape index (κ3) is 5.83. The Bertz CT molecular complexity index is 490. The van der Waals surface area contributed by atoms with Crippen molar-refractivity contribution in [1.82, 2.24) is 9.88 Å². The Morgan fingerprint density at radius 3 is 2.43 bits per heavy atom. The van der Waals surface area contributed by atoms with Gasteiger partial charge in [0.25, 0.3) is 5.91 Å². The van der Waals surface area contributed by atoms with E-state index in [0.29, 0.717) is 17.4 Å². The number of carbonyl (C=O) groups excluding carboxylic acids is 1. The van der Waals surface area contributed by atoms with Gasteiger partial charge in [-0.25, -0.2) is 4.98 Å². The van der Waals surface area contributed by atoms with Crippen molar-refractivity contribution in [1.29, 1.82) is 0 Å². The van der Waals surface area contributed by atoms with Crippen LogP contribution < -0.4 is 10.5 Å². The van der Waals surface area contributed by atoms with Gasteiger partial charge >= 0.3 is 0 Å². The molecule has 132 valence electrons. The molecule has 2 heterocycles. The molecule has 1 amide bonds. The predicted molar refractivity (Wildman–Crippen MR) is 96.8 cm³/mol. The second kappa shape index (κ2) is 9.96. The number of hydrogen-bond donors (Lipinski definition) is 1. The van der Waals surface area contributed by atoms with Gasteiger partial charge in [0.05, 0.1) is 6.10 Å². The van der Waals surface area contributed by atoms with Gasteiger partial charge in [-0.3, -0.25) is 4.79 Å². The van der Waals surface area contributed by atoms with Gasteiger partial charge in [0.15, 0.2) is 11.4 Å². The van der Waals surface area contributed by atoms with E-state index < -0.39 is 0 Å². The van der Waals surface area contributed by atoms with Crippen molar-refractivity contribution in [2.45, 2.75) is 45.8 Å². The lowest BCUT2D eigenvalue weighted by molar-refractivity contribution is 0.0668. The molecule has 7 heteroatoms. The molecule has 1 fully saturated rings. The summed E-state index contributed by atoms with van der Waals surface area (Å²) in [6, 6.07) is 3.78. The topological polar surface area (TPSA) is 68.5 Å². The van der Waals surface area contributed by atoms with Crippen molar-refractivity contribution >= 4 is 30.7 Å². The number of piperidine rings is 1. The lowest BCUT2D eigenvalue weighted by Gasteiger charge is -2.33. The Kier molecular flexibility index (Phi) is 9.51. The number of ether oxygens (including phenoxy) is 1. The Balaban J connectivity index is 0.00000242. The van der Waals surface area contributed by atoms with E-state index in [4.69, 9.17) is 10.5 Å². The van der Waals surface area contributed by atoms with E-state index in [1.807, 2.05) is 25.7 Å². The number of aromatic nitrogens is 1. The summed E-state index contributed by atoms with van der Waals surface area (Å²) in [4.78, 5) is 18.7. The lowest BCUT2D eigenvalue weighted by Crippen LogP contribution is -2.42. The highest BCUT2D eigenvalue weighted by molar-refractivity contribution is 5.95. The number of amides is 1. The summed E-state index contributed by atoms with van der Waals surface area (Å²) in [5.74, 6) is 1.02. The summed E-state index contributed by atoms with van der Waals surface area (Å²) >= 11 is 0. The van der Waals surface area contributed by atoms with Gasteiger partial charge in [0, 0.05) is 25.3 Å². The molecule has 1 aromatic heterocycles. The molecule has 23 heavy (non-hydrogen) atoms. The van der Waals surface area contributed by atoms with E-state index in [1.165, 1.54) is 0 Å². The highest BCUT2D eigenvalue weighted by Crippen LogP contribution is 2.24. The molecule has 0 bridgehead atoms. The number of carbonyl (C=O) groups is 1. The summed E-state index contributed by atoms with van der Waals surface area (Å²) in [6.07, 6.45) is 3.56. The molecule has 1 unspecified atom stereocenters. The van der Waals surface area contributed by atoms with E-state index in [2.05, 4.69) is 4.98 Å². The second-order valence-corrected chi connectivity index (χ2v) is 6.01. The maximum Gasteiger partial charge on any atom is 0.276 e. The molecular weight excluding hydrogens is 337 g/mol. The second-order valence-electron chi connectivity index (χ2n) is 6.01.